The van der Waals surface area contributed by atoms with Gasteiger partial charge in [-0.3, -0.25) is 14.4 Å². The normalized spacial score (nSPS) is 10.7. The van der Waals surface area contributed by atoms with Gasteiger partial charge < -0.3 is 20.1 Å². The summed E-state index contributed by atoms with van der Waals surface area (Å²) in [6, 6.07) is 23.5. The maximum Gasteiger partial charge on any atom is 0.337 e. The number of hydrogen-bond acceptors (Lipinski definition) is 8. The number of anilines is 2. The first-order chi connectivity index (χ1) is 20.4. The van der Waals surface area contributed by atoms with E-state index >= 15 is 0 Å². The molecule has 11 heteroatoms. The second-order valence-corrected chi connectivity index (χ2v) is 10.1. The third kappa shape index (κ3) is 6.21. The number of carbonyl (C=O) groups excluding carboxylic acids is 3. The Kier molecular flexibility index (Phi) is 8.39. The average molecular weight is 583 g/mol. The number of ether oxygens (including phenoxy) is 2. The molecule has 0 saturated heterocycles. The van der Waals surface area contributed by atoms with Crippen LogP contribution in [0.5, 0.6) is 11.5 Å². The monoisotopic (exact) mass is 582 g/mol. The fraction of sp³-hybridized carbons (Fsp3) is 0.129. The van der Waals surface area contributed by atoms with Crippen LogP contribution in [0.15, 0.2) is 89.7 Å². The van der Waals surface area contributed by atoms with Crippen LogP contribution in [0.25, 0.3) is 4.96 Å². The second-order valence-electron chi connectivity index (χ2n) is 9.15. The molecule has 0 unspecified atom stereocenters. The van der Waals surface area contributed by atoms with Gasteiger partial charge in [0.25, 0.3) is 17.4 Å². The number of nitrogens with zero attached hydrogens (tertiary/aromatic N) is 2. The van der Waals surface area contributed by atoms with Gasteiger partial charge in [-0.25, -0.2) is 14.2 Å². The lowest BCUT2D eigenvalue weighted by Crippen LogP contribution is -2.25. The number of esters is 1. The van der Waals surface area contributed by atoms with Crippen LogP contribution in [0.1, 0.15) is 49.6 Å². The smallest absolute Gasteiger partial charge is 0.337 e. The van der Waals surface area contributed by atoms with Gasteiger partial charge in [-0.05, 0) is 67.1 Å². The largest absolute Gasteiger partial charge is 0.465 e. The summed E-state index contributed by atoms with van der Waals surface area (Å²) in [5, 5.41) is 5.51. The van der Waals surface area contributed by atoms with Crippen LogP contribution in [-0.4, -0.2) is 34.3 Å². The molecule has 0 bridgehead atoms. The van der Waals surface area contributed by atoms with Gasteiger partial charge in [-0.15, -0.1) is 0 Å². The third-order valence-corrected chi connectivity index (χ3v) is 7.19. The number of hydrogen-bond donors (Lipinski definition) is 2. The van der Waals surface area contributed by atoms with E-state index < -0.39 is 23.3 Å². The first-order valence-corrected chi connectivity index (χ1v) is 13.9. The quantitative estimate of drug-likeness (QED) is 0.211. The van der Waals surface area contributed by atoms with Gasteiger partial charge in [0.1, 0.15) is 22.1 Å². The van der Waals surface area contributed by atoms with Crippen LogP contribution in [0.3, 0.4) is 0 Å². The molecule has 2 heterocycles. The summed E-state index contributed by atoms with van der Waals surface area (Å²) in [5.74, 6) is -0.522. The molecule has 0 aliphatic rings. The van der Waals surface area contributed by atoms with Gasteiger partial charge in [0.05, 0.1) is 12.7 Å². The number of aryl methyl sites for hydroxylation is 1. The van der Waals surface area contributed by atoms with E-state index in [1.165, 1.54) is 37.4 Å². The van der Waals surface area contributed by atoms with E-state index in [4.69, 9.17) is 9.47 Å². The minimum absolute atomic E-state index is 0.0153. The molecule has 0 spiro atoms. The van der Waals surface area contributed by atoms with Gasteiger partial charge in [-0.2, -0.15) is 0 Å². The Bertz CT molecular complexity index is 1810. The molecule has 2 N–H and O–H groups in total. The lowest BCUT2D eigenvalue weighted by atomic mass is 10.2. The molecule has 5 rings (SSSR count). The van der Waals surface area contributed by atoms with Crippen molar-refractivity contribution in [2.75, 3.05) is 17.7 Å². The van der Waals surface area contributed by atoms with Gasteiger partial charge >= 0.3 is 5.97 Å². The molecule has 5 aromatic rings. The Balaban J connectivity index is 1.45. The van der Waals surface area contributed by atoms with Crippen LogP contribution in [-0.2, 0) is 11.2 Å². The number of thiazole rings is 1. The molecule has 3 aromatic carbocycles. The van der Waals surface area contributed by atoms with Crippen LogP contribution in [0, 0.1) is 0 Å². The highest BCUT2D eigenvalue weighted by Gasteiger charge is 2.26. The lowest BCUT2D eigenvalue weighted by Gasteiger charge is -2.10. The minimum atomic E-state index is -0.684. The number of aromatic nitrogens is 2. The van der Waals surface area contributed by atoms with Crippen molar-refractivity contribution in [3.8, 4) is 11.5 Å². The molecule has 212 valence electrons. The SMILES string of the molecule is CCCc1cc(=O)n2c(C(=O)Nc3ccc(C(=O)OC)cc3)c(C(=O)Nc3ccc(Oc4ccccc4)cc3)sc2n1. The Morgan fingerprint density at radius 3 is 2.12 bits per heavy atom. The standard InChI is InChI=1S/C31H26N4O6S/c1-3-7-22-18-25(36)35-26(28(37)32-20-12-10-19(11-13-20)30(39)40-2)27(42-31(35)34-22)29(38)33-21-14-16-24(17-15-21)41-23-8-5-4-6-9-23/h4-6,8-18H,3,7H2,1-2H3,(H,32,37)(H,33,38). The summed E-state index contributed by atoms with van der Waals surface area (Å²) in [6.45, 7) is 1.97. The Labute approximate surface area is 244 Å². The topological polar surface area (TPSA) is 128 Å². The van der Waals surface area contributed by atoms with Gasteiger partial charge in [0.15, 0.2) is 4.96 Å². The fourth-order valence-electron chi connectivity index (χ4n) is 4.18. The molecule has 0 atom stereocenters. The number of fused-ring (bicyclic) bond motifs is 1. The summed E-state index contributed by atoms with van der Waals surface area (Å²) in [4.78, 5) is 56.7. The van der Waals surface area contributed by atoms with Crippen molar-refractivity contribution in [1.82, 2.24) is 9.38 Å². The average Bonchev–Trinajstić information content (AvgIpc) is 3.39. The number of amides is 2. The van der Waals surface area contributed by atoms with Crippen molar-refractivity contribution in [3.05, 3.63) is 117 Å². The van der Waals surface area contributed by atoms with Crippen molar-refractivity contribution in [2.24, 2.45) is 0 Å². The number of benzene rings is 3. The van der Waals surface area contributed by atoms with Crippen molar-refractivity contribution in [3.63, 3.8) is 0 Å². The zero-order valence-electron chi connectivity index (χ0n) is 22.7. The number of nitrogens with one attached hydrogen (secondary N) is 2. The molecule has 2 aromatic heterocycles. The van der Waals surface area contributed by atoms with Gasteiger partial charge in [0.2, 0.25) is 0 Å². The van der Waals surface area contributed by atoms with E-state index in [2.05, 4.69) is 15.6 Å². The van der Waals surface area contributed by atoms with E-state index in [-0.39, 0.29) is 15.5 Å². The molecule has 0 aliphatic heterocycles. The molecule has 0 aliphatic carbocycles. The molecule has 10 nitrogen and oxygen atoms in total. The van der Waals surface area contributed by atoms with Crippen LogP contribution < -0.4 is 20.9 Å². The molecular formula is C31H26N4O6S. The molecule has 0 radical (unpaired) electrons. The molecule has 0 saturated carbocycles. The fourth-order valence-corrected chi connectivity index (χ4v) is 5.22. The first kappa shape index (κ1) is 28.2. The van der Waals surface area contributed by atoms with Gasteiger partial charge in [-0.1, -0.05) is 42.9 Å². The minimum Gasteiger partial charge on any atom is -0.465 e. The molecule has 42 heavy (non-hydrogen) atoms. The van der Waals surface area contributed by atoms with E-state index in [0.717, 1.165) is 22.2 Å². The molecule has 2 amide bonds. The molecular weight excluding hydrogens is 556 g/mol. The first-order valence-electron chi connectivity index (χ1n) is 13.1. The number of carbonyl (C=O) groups is 3. The molecule has 0 fully saturated rings. The summed E-state index contributed by atoms with van der Waals surface area (Å²) >= 11 is 0.952. The zero-order valence-corrected chi connectivity index (χ0v) is 23.6. The van der Waals surface area contributed by atoms with Crippen molar-refractivity contribution in [2.45, 2.75) is 19.8 Å². The number of rotatable bonds is 9. The Morgan fingerprint density at radius 2 is 1.48 bits per heavy atom. The summed E-state index contributed by atoms with van der Waals surface area (Å²) in [6.07, 6.45) is 1.36. The lowest BCUT2D eigenvalue weighted by molar-refractivity contribution is 0.0600. The predicted octanol–water partition coefficient (Wildman–Crippen LogP) is 5.79. The summed E-state index contributed by atoms with van der Waals surface area (Å²) < 4.78 is 11.7. The second kappa shape index (κ2) is 12.5. The van der Waals surface area contributed by atoms with Crippen molar-refractivity contribution in [1.29, 1.82) is 0 Å². The highest BCUT2D eigenvalue weighted by Crippen LogP contribution is 2.26. The van der Waals surface area contributed by atoms with E-state index in [1.807, 2.05) is 37.3 Å². The third-order valence-electron chi connectivity index (χ3n) is 6.16. The van der Waals surface area contributed by atoms with Crippen LogP contribution >= 0.6 is 11.3 Å². The van der Waals surface area contributed by atoms with E-state index in [1.54, 1.807) is 24.3 Å². The van der Waals surface area contributed by atoms with E-state index in [9.17, 15) is 19.2 Å². The Hall–Kier alpha value is -5.29. The van der Waals surface area contributed by atoms with E-state index in [0.29, 0.717) is 40.6 Å². The summed E-state index contributed by atoms with van der Waals surface area (Å²) in [5.41, 5.74) is 1.10. The highest BCUT2D eigenvalue weighted by atomic mass is 32.1. The van der Waals surface area contributed by atoms with Gasteiger partial charge in [0, 0.05) is 23.1 Å². The zero-order chi connectivity index (χ0) is 29.6. The summed E-state index contributed by atoms with van der Waals surface area (Å²) in [7, 11) is 1.27. The Morgan fingerprint density at radius 1 is 0.857 bits per heavy atom. The van der Waals surface area contributed by atoms with Crippen LogP contribution in [0.2, 0.25) is 0 Å². The predicted molar refractivity (Wildman–Crippen MR) is 160 cm³/mol. The highest BCUT2D eigenvalue weighted by molar-refractivity contribution is 7.19. The number of para-hydroxylation sites is 1. The van der Waals surface area contributed by atoms with Crippen molar-refractivity contribution >= 4 is 45.5 Å². The van der Waals surface area contributed by atoms with Crippen LogP contribution in [0.4, 0.5) is 11.4 Å². The maximum atomic E-state index is 13.5. The number of methoxy groups -OCH3 is 1. The maximum absolute atomic E-state index is 13.5. The van der Waals surface area contributed by atoms with Crippen molar-refractivity contribution < 1.29 is 23.9 Å².